The van der Waals surface area contributed by atoms with Crippen LogP contribution < -0.4 is 4.72 Å². The summed E-state index contributed by atoms with van der Waals surface area (Å²) in [6.45, 7) is 4.36. The van der Waals surface area contributed by atoms with Gasteiger partial charge in [-0.25, -0.2) is 13.1 Å². The van der Waals surface area contributed by atoms with Crippen LogP contribution in [0.3, 0.4) is 0 Å². The number of halogens is 3. The van der Waals surface area contributed by atoms with Crippen molar-refractivity contribution in [1.82, 2.24) is 4.72 Å². The van der Waals surface area contributed by atoms with Crippen LogP contribution in [0.1, 0.15) is 26.7 Å². The average Bonchev–Trinajstić information content (AvgIpc) is 2.34. The molecule has 0 saturated heterocycles. The van der Waals surface area contributed by atoms with Gasteiger partial charge in [-0.15, -0.1) is 11.6 Å². The first-order valence-electron chi connectivity index (χ1n) is 6.19. The van der Waals surface area contributed by atoms with E-state index in [9.17, 15) is 8.42 Å². The molecule has 0 atom stereocenters. The van der Waals surface area contributed by atoms with Gasteiger partial charge in [0.25, 0.3) is 0 Å². The highest BCUT2D eigenvalue weighted by molar-refractivity contribution is 9.10. The second-order valence-electron chi connectivity index (χ2n) is 5.36. The third-order valence-corrected chi connectivity index (χ3v) is 5.56. The van der Waals surface area contributed by atoms with Crippen LogP contribution in [0.25, 0.3) is 0 Å². The second-order valence-corrected chi connectivity index (χ2v) is 8.79. The lowest BCUT2D eigenvalue weighted by atomic mass is 9.88. The normalized spacial score (nSPS) is 12.7. The third-order valence-electron chi connectivity index (χ3n) is 2.91. The van der Waals surface area contributed by atoms with Crippen molar-refractivity contribution in [2.24, 2.45) is 5.41 Å². The molecule has 0 bridgehead atoms. The summed E-state index contributed by atoms with van der Waals surface area (Å²) < 4.78 is 27.8. The average molecular weight is 403 g/mol. The maximum Gasteiger partial charge on any atom is 0.242 e. The van der Waals surface area contributed by atoms with Gasteiger partial charge in [-0.1, -0.05) is 41.4 Å². The summed E-state index contributed by atoms with van der Waals surface area (Å²) in [6.07, 6.45) is 1.71. The van der Waals surface area contributed by atoms with Gasteiger partial charge in [0.15, 0.2) is 0 Å². The molecule has 0 fully saturated rings. The topological polar surface area (TPSA) is 46.2 Å². The number of alkyl halides is 1. The van der Waals surface area contributed by atoms with E-state index in [1.54, 1.807) is 12.1 Å². The zero-order valence-corrected chi connectivity index (χ0v) is 15.3. The Hall–Kier alpha value is 0.190. The molecule has 1 rings (SSSR count). The molecule has 0 unspecified atom stereocenters. The van der Waals surface area contributed by atoms with E-state index in [1.807, 2.05) is 13.8 Å². The van der Waals surface area contributed by atoms with E-state index in [-0.39, 0.29) is 15.3 Å². The highest BCUT2D eigenvalue weighted by Gasteiger charge is 2.23. The Morgan fingerprint density at radius 3 is 2.55 bits per heavy atom. The van der Waals surface area contributed by atoms with Gasteiger partial charge in [-0.3, -0.25) is 0 Å². The molecular weight excluding hydrogens is 385 g/mol. The van der Waals surface area contributed by atoms with Crippen molar-refractivity contribution in [1.29, 1.82) is 0 Å². The first-order valence-corrected chi connectivity index (χ1v) is 9.37. The molecule has 0 heterocycles. The summed E-state index contributed by atoms with van der Waals surface area (Å²) in [7, 11) is -3.60. The van der Waals surface area contributed by atoms with Crippen LogP contribution in [0, 0.1) is 5.41 Å². The molecule has 7 heteroatoms. The number of hydrogen-bond donors (Lipinski definition) is 1. The minimum Gasteiger partial charge on any atom is -0.211 e. The third kappa shape index (κ3) is 5.53. The summed E-state index contributed by atoms with van der Waals surface area (Å²) >= 11 is 14.9. The van der Waals surface area contributed by atoms with Gasteiger partial charge in [-0.05, 0) is 36.5 Å². The summed E-state index contributed by atoms with van der Waals surface area (Å²) in [4.78, 5) is 0.0931. The van der Waals surface area contributed by atoms with Gasteiger partial charge < -0.3 is 0 Å². The molecule has 0 aliphatic heterocycles. The molecule has 0 aliphatic rings. The lowest BCUT2D eigenvalue weighted by Gasteiger charge is -2.24. The van der Waals surface area contributed by atoms with Crippen molar-refractivity contribution < 1.29 is 8.42 Å². The molecule has 114 valence electrons. The Morgan fingerprint density at radius 1 is 1.35 bits per heavy atom. The van der Waals surface area contributed by atoms with E-state index in [0.29, 0.717) is 12.4 Å². The molecule has 1 aromatic carbocycles. The van der Waals surface area contributed by atoms with Crippen molar-refractivity contribution >= 4 is 49.2 Å². The van der Waals surface area contributed by atoms with Gasteiger partial charge in [0.2, 0.25) is 10.0 Å². The van der Waals surface area contributed by atoms with E-state index in [1.165, 1.54) is 6.07 Å². The van der Waals surface area contributed by atoms with Crippen molar-refractivity contribution in [2.75, 3.05) is 12.4 Å². The molecule has 20 heavy (non-hydrogen) atoms. The fourth-order valence-electron chi connectivity index (χ4n) is 1.70. The highest BCUT2D eigenvalue weighted by atomic mass is 79.9. The molecule has 1 N–H and O–H groups in total. The number of benzene rings is 1. The zero-order chi connectivity index (χ0) is 15.4. The number of sulfonamides is 1. The molecule has 0 saturated carbocycles. The number of rotatable bonds is 7. The van der Waals surface area contributed by atoms with Gasteiger partial charge >= 0.3 is 0 Å². The fourth-order valence-corrected chi connectivity index (χ4v) is 4.11. The number of hydrogen-bond acceptors (Lipinski definition) is 2. The number of nitrogens with one attached hydrogen (secondary N) is 1. The van der Waals surface area contributed by atoms with E-state index in [4.69, 9.17) is 23.2 Å². The summed E-state index contributed by atoms with van der Waals surface area (Å²) in [5.74, 6) is 0.578. The smallest absolute Gasteiger partial charge is 0.211 e. The first-order chi connectivity index (χ1) is 9.18. The van der Waals surface area contributed by atoms with Crippen molar-refractivity contribution in [2.45, 2.75) is 31.6 Å². The van der Waals surface area contributed by atoms with Gasteiger partial charge in [0.05, 0.1) is 5.02 Å². The molecule has 0 amide bonds. The van der Waals surface area contributed by atoms with Gasteiger partial charge in [-0.2, -0.15) is 0 Å². The van der Waals surface area contributed by atoms with E-state index in [2.05, 4.69) is 20.7 Å². The molecule has 0 aliphatic carbocycles. The van der Waals surface area contributed by atoms with Crippen molar-refractivity contribution in [3.05, 3.63) is 27.7 Å². The van der Waals surface area contributed by atoms with Crippen molar-refractivity contribution in [3.63, 3.8) is 0 Å². The Morgan fingerprint density at radius 2 is 2.00 bits per heavy atom. The van der Waals surface area contributed by atoms with Crippen LogP contribution in [0.4, 0.5) is 0 Å². The largest absolute Gasteiger partial charge is 0.242 e. The predicted octanol–water partition coefficient (Wildman–Crippen LogP) is 4.43. The molecule has 1 aromatic rings. The fraction of sp³-hybridized carbons (Fsp3) is 0.538. The minimum absolute atomic E-state index is 0.0931. The van der Waals surface area contributed by atoms with Crippen LogP contribution in [0.15, 0.2) is 27.6 Å². The van der Waals surface area contributed by atoms with Crippen LogP contribution in [-0.4, -0.2) is 20.8 Å². The Balaban J connectivity index is 2.80. The molecule has 3 nitrogen and oxygen atoms in total. The predicted molar refractivity (Wildman–Crippen MR) is 88.1 cm³/mol. The van der Waals surface area contributed by atoms with Crippen LogP contribution in [-0.2, 0) is 10.0 Å². The minimum atomic E-state index is -3.60. The lowest BCUT2D eigenvalue weighted by molar-refractivity contribution is 0.331. The second kappa shape index (κ2) is 7.45. The molecular formula is C13H18BrCl2NO2S. The highest BCUT2D eigenvalue weighted by Crippen LogP contribution is 2.26. The molecule has 0 aromatic heterocycles. The molecule has 0 radical (unpaired) electrons. The van der Waals surface area contributed by atoms with Crippen LogP contribution >= 0.6 is 39.1 Å². The monoisotopic (exact) mass is 401 g/mol. The molecule has 0 spiro atoms. The SMILES string of the molecule is CC(C)(CCCCl)CNS(=O)(=O)c1ccc(Br)cc1Cl. The summed E-state index contributed by atoms with van der Waals surface area (Å²) in [5, 5.41) is 0.199. The maximum absolute atomic E-state index is 12.2. The van der Waals surface area contributed by atoms with E-state index < -0.39 is 10.0 Å². The van der Waals surface area contributed by atoms with Gasteiger partial charge in [0, 0.05) is 16.9 Å². The zero-order valence-electron chi connectivity index (χ0n) is 11.4. The summed E-state index contributed by atoms with van der Waals surface area (Å²) in [6, 6.07) is 4.70. The summed E-state index contributed by atoms with van der Waals surface area (Å²) in [5.41, 5.74) is -0.149. The quantitative estimate of drug-likeness (QED) is 0.685. The standard InChI is InChI=1S/C13H18BrCl2NO2S/c1-13(2,6-3-7-15)9-17-20(18,19)12-5-4-10(14)8-11(12)16/h4-5,8,17H,3,6-7,9H2,1-2H3. The van der Waals surface area contributed by atoms with Crippen LogP contribution in [0.2, 0.25) is 5.02 Å². The lowest BCUT2D eigenvalue weighted by Crippen LogP contribution is -2.34. The van der Waals surface area contributed by atoms with Gasteiger partial charge in [0.1, 0.15) is 4.90 Å². The van der Waals surface area contributed by atoms with Crippen LogP contribution in [0.5, 0.6) is 0 Å². The maximum atomic E-state index is 12.2. The Bertz CT molecular complexity index is 561. The van der Waals surface area contributed by atoms with E-state index >= 15 is 0 Å². The Labute approximate surface area is 139 Å². The van der Waals surface area contributed by atoms with Crippen molar-refractivity contribution in [3.8, 4) is 0 Å². The first kappa shape index (κ1) is 18.2. The van der Waals surface area contributed by atoms with E-state index in [0.717, 1.165) is 17.3 Å². The Kier molecular flexibility index (Phi) is 6.80.